The number of para-hydroxylation sites is 1. The van der Waals surface area contributed by atoms with E-state index in [1.54, 1.807) is 24.3 Å². The third-order valence-electron chi connectivity index (χ3n) is 5.43. The smallest absolute Gasteiger partial charge is 0.241 e. The molecule has 7 nitrogen and oxygen atoms in total. The number of carbonyl (C=O) groups is 2. The van der Waals surface area contributed by atoms with Gasteiger partial charge in [0, 0.05) is 19.0 Å². The second-order valence-corrected chi connectivity index (χ2v) is 7.07. The molecule has 2 amide bonds. The number of nitrogens with one attached hydrogen (secondary N) is 1. The highest BCUT2D eigenvalue weighted by atomic mass is 16.5. The molecule has 1 N–H and O–H groups in total. The number of piperidine rings is 1. The van der Waals surface area contributed by atoms with E-state index < -0.39 is 0 Å². The fraction of sp³-hybridized carbons (Fsp3) is 0.550. The summed E-state index contributed by atoms with van der Waals surface area (Å²) >= 11 is 0. The summed E-state index contributed by atoms with van der Waals surface area (Å²) < 4.78 is 5.31. The van der Waals surface area contributed by atoms with Gasteiger partial charge in [-0.15, -0.1) is 0 Å². The van der Waals surface area contributed by atoms with Crippen molar-refractivity contribution in [3.05, 3.63) is 29.8 Å². The molecule has 0 radical (unpaired) electrons. The van der Waals surface area contributed by atoms with E-state index in [9.17, 15) is 9.59 Å². The van der Waals surface area contributed by atoms with Gasteiger partial charge in [0.1, 0.15) is 6.07 Å². The molecule has 0 bridgehead atoms. The summed E-state index contributed by atoms with van der Waals surface area (Å²) in [5.41, 5.74) is 0.988. The van der Waals surface area contributed by atoms with Gasteiger partial charge in [-0.2, -0.15) is 5.26 Å². The Kier molecular flexibility index (Phi) is 6.43. The highest BCUT2D eigenvalue weighted by molar-refractivity contribution is 5.95. The van der Waals surface area contributed by atoms with Crippen LogP contribution in [0, 0.1) is 17.2 Å². The lowest BCUT2D eigenvalue weighted by atomic mass is 9.94. The number of benzene rings is 1. The van der Waals surface area contributed by atoms with Crippen LogP contribution in [-0.4, -0.2) is 67.0 Å². The van der Waals surface area contributed by atoms with Crippen molar-refractivity contribution in [2.75, 3.05) is 44.7 Å². The van der Waals surface area contributed by atoms with Crippen LogP contribution >= 0.6 is 0 Å². The average molecular weight is 370 g/mol. The summed E-state index contributed by atoms with van der Waals surface area (Å²) in [4.78, 5) is 29.2. The number of hydrogen-bond acceptors (Lipinski definition) is 5. The lowest BCUT2D eigenvalue weighted by Gasteiger charge is -2.37. The highest BCUT2D eigenvalue weighted by Crippen LogP contribution is 2.22. The Hall–Kier alpha value is -2.43. The zero-order valence-electron chi connectivity index (χ0n) is 15.7. The van der Waals surface area contributed by atoms with Gasteiger partial charge < -0.3 is 15.0 Å². The topological polar surface area (TPSA) is 85.7 Å². The fourth-order valence-electron chi connectivity index (χ4n) is 3.67. The quantitative estimate of drug-likeness (QED) is 0.867. The van der Waals surface area contributed by atoms with E-state index in [-0.39, 0.29) is 23.8 Å². The standard InChI is InChI=1S/C20H26N4O3/c1-15(19(25)22-18-5-3-2-4-17(18)14-21)23-8-6-16(7-9-23)20(26)24-10-12-27-13-11-24/h2-5,15-16H,6-13H2,1H3,(H,22,25)/t15-/m1/s1. The summed E-state index contributed by atoms with van der Waals surface area (Å²) in [7, 11) is 0. The van der Waals surface area contributed by atoms with Gasteiger partial charge in [-0.1, -0.05) is 12.1 Å². The molecule has 144 valence electrons. The van der Waals surface area contributed by atoms with Gasteiger partial charge in [-0.3, -0.25) is 14.5 Å². The van der Waals surface area contributed by atoms with Gasteiger partial charge >= 0.3 is 0 Å². The van der Waals surface area contributed by atoms with Crippen LogP contribution < -0.4 is 5.32 Å². The highest BCUT2D eigenvalue weighted by Gasteiger charge is 2.32. The van der Waals surface area contributed by atoms with Gasteiger partial charge in [0.2, 0.25) is 11.8 Å². The van der Waals surface area contributed by atoms with E-state index in [0.717, 1.165) is 25.9 Å². The number of amides is 2. The molecule has 2 aliphatic heterocycles. The number of carbonyl (C=O) groups excluding carboxylic acids is 2. The van der Waals surface area contributed by atoms with Crippen LogP contribution in [0.2, 0.25) is 0 Å². The van der Waals surface area contributed by atoms with Crippen molar-refractivity contribution in [2.24, 2.45) is 5.92 Å². The maximum absolute atomic E-state index is 12.6. The van der Waals surface area contributed by atoms with E-state index in [1.165, 1.54) is 0 Å². The molecular weight excluding hydrogens is 344 g/mol. The zero-order valence-corrected chi connectivity index (χ0v) is 15.7. The number of anilines is 1. The first-order chi connectivity index (χ1) is 13.1. The summed E-state index contributed by atoms with van der Waals surface area (Å²) in [6.07, 6.45) is 1.53. The fourth-order valence-corrected chi connectivity index (χ4v) is 3.67. The Bertz CT molecular complexity index is 716. The van der Waals surface area contributed by atoms with Gasteiger partial charge in [-0.05, 0) is 45.0 Å². The van der Waals surface area contributed by atoms with Crippen LogP contribution in [-0.2, 0) is 14.3 Å². The molecule has 2 aliphatic rings. The molecule has 0 aliphatic carbocycles. The monoisotopic (exact) mass is 370 g/mol. The summed E-state index contributed by atoms with van der Waals surface area (Å²) in [5.74, 6) is 0.127. The molecule has 2 heterocycles. The molecular formula is C20H26N4O3. The first-order valence-corrected chi connectivity index (χ1v) is 9.50. The SMILES string of the molecule is C[C@H](C(=O)Nc1ccccc1C#N)N1CCC(C(=O)N2CCOCC2)CC1. The van der Waals surface area contributed by atoms with Gasteiger partial charge in [0.15, 0.2) is 0 Å². The first kappa shape index (κ1) is 19.3. The molecule has 1 aromatic carbocycles. The van der Waals surface area contributed by atoms with Crippen molar-refractivity contribution in [2.45, 2.75) is 25.8 Å². The largest absolute Gasteiger partial charge is 0.378 e. The van der Waals surface area contributed by atoms with E-state index in [4.69, 9.17) is 10.00 Å². The van der Waals surface area contributed by atoms with Crippen molar-refractivity contribution in [3.8, 4) is 6.07 Å². The number of nitrogens with zero attached hydrogens (tertiary/aromatic N) is 3. The number of morpholine rings is 1. The Balaban J connectivity index is 1.52. The van der Waals surface area contributed by atoms with Crippen molar-refractivity contribution in [1.82, 2.24) is 9.80 Å². The Labute approximate surface area is 159 Å². The Morgan fingerprint density at radius 2 is 1.85 bits per heavy atom. The zero-order chi connectivity index (χ0) is 19.2. The number of hydrogen-bond donors (Lipinski definition) is 1. The minimum absolute atomic E-state index is 0.0360. The molecule has 2 fully saturated rings. The van der Waals surface area contributed by atoms with E-state index in [1.807, 2.05) is 11.8 Å². The lowest BCUT2D eigenvalue weighted by Crippen LogP contribution is -2.50. The predicted molar refractivity (Wildman–Crippen MR) is 101 cm³/mol. The predicted octanol–water partition coefficient (Wildman–Crippen LogP) is 1.46. The summed E-state index contributed by atoms with van der Waals surface area (Å²) in [6, 6.07) is 8.76. The molecule has 3 rings (SSSR count). The van der Waals surface area contributed by atoms with Gasteiger partial charge in [0.25, 0.3) is 0 Å². The minimum atomic E-state index is -0.309. The van der Waals surface area contributed by atoms with Crippen molar-refractivity contribution in [1.29, 1.82) is 5.26 Å². The molecule has 1 aromatic rings. The second kappa shape index (κ2) is 8.98. The normalized spacial score (nSPS) is 19.9. The maximum Gasteiger partial charge on any atom is 0.241 e. The summed E-state index contributed by atoms with van der Waals surface area (Å²) in [6.45, 7) is 5.89. The van der Waals surface area contributed by atoms with Crippen molar-refractivity contribution < 1.29 is 14.3 Å². The molecule has 1 atom stereocenters. The van der Waals surface area contributed by atoms with E-state index in [0.29, 0.717) is 37.6 Å². The van der Waals surface area contributed by atoms with E-state index >= 15 is 0 Å². The van der Waals surface area contributed by atoms with Crippen LogP contribution in [0.15, 0.2) is 24.3 Å². The second-order valence-electron chi connectivity index (χ2n) is 7.07. The van der Waals surface area contributed by atoms with E-state index in [2.05, 4.69) is 16.3 Å². The first-order valence-electron chi connectivity index (χ1n) is 9.50. The molecule has 2 saturated heterocycles. The van der Waals surface area contributed by atoms with Crippen LogP contribution in [0.5, 0.6) is 0 Å². The van der Waals surface area contributed by atoms with Crippen LogP contribution in [0.4, 0.5) is 5.69 Å². The van der Waals surface area contributed by atoms with Gasteiger partial charge in [-0.25, -0.2) is 0 Å². The molecule has 27 heavy (non-hydrogen) atoms. The van der Waals surface area contributed by atoms with Crippen LogP contribution in [0.3, 0.4) is 0 Å². The molecule has 7 heteroatoms. The molecule has 0 spiro atoms. The maximum atomic E-state index is 12.6. The number of likely N-dealkylation sites (tertiary alicyclic amines) is 1. The Morgan fingerprint density at radius 1 is 1.19 bits per heavy atom. The van der Waals surface area contributed by atoms with Crippen molar-refractivity contribution >= 4 is 17.5 Å². The lowest BCUT2D eigenvalue weighted by molar-refractivity contribution is -0.141. The van der Waals surface area contributed by atoms with Crippen molar-refractivity contribution in [3.63, 3.8) is 0 Å². The average Bonchev–Trinajstić information content (AvgIpc) is 2.73. The minimum Gasteiger partial charge on any atom is -0.378 e. The number of nitriles is 1. The summed E-state index contributed by atoms with van der Waals surface area (Å²) in [5, 5.41) is 12.0. The van der Waals surface area contributed by atoms with Gasteiger partial charge in [0.05, 0.1) is 30.5 Å². The third kappa shape index (κ3) is 4.65. The molecule has 0 aromatic heterocycles. The van der Waals surface area contributed by atoms with Crippen LogP contribution in [0.1, 0.15) is 25.3 Å². The van der Waals surface area contributed by atoms with Crippen LogP contribution in [0.25, 0.3) is 0 Å². The molecule has 0 unspecified atom stereocenters. The Morgan fingerprint density at radius 3 is 2.52 bits per heavy atom. The number of rotatable bonds is 4. The third-order valence-corrected chi connectivity index (χ3v) is 5.43. The number of ether oxygens (including phenoxy) is 1. The molecule has 0 saturated carbocycles.